The highest BCUT2D eigenvalue weighted by Gasteiger charge is 2.26. The average molecular weight is 441 g/mol. The van der Waals surface area contributed by atoms with E-state index in [2.05, 4.69) is 5.32 Å². The molecule has 0 radical (unpaired) electrons. The highest BCUT2D eigenvalue weighted by Crippen LogP contribution is 2.26. The Morgan fingerprint density at radius 1 is 1.17 bits per heavy atom. The lowest BCUT2D eigenvalue weighted by Crippen LogP contribution is -2.30. The molecule has 0 aliphatic heterocycles. The third kappa shape index (κ3) is 5.54. The van der Waals surface area contributed by atoms with E-state index in [1.165, 1.54) is 33.2 Å². The van der Waals surface area contributed by atoms with E-state index < -0.39 is 28.0 Å². The third-order valence-corrected chi connectivity index (χ3v) is 6.14. The van der Waals surface area contributed by atoms with Crippen LogP contribution in [0.1, 0.15) is 22.8 Å². The summed E-state index contributed by atoms with van der Waals surface area (Å²) < 4.78 is 30.6. The van der Waals surface area contributed by atoms with E-state index in [0.717, 1.165) is 11.6 Å². The number of ether oxygens (including phenoxy) is 1. The van der Waals surface area contributed by atoms with E-state index in [-0.39, 0.29) is 15.5 Å². The van der Waals surface area contributed by atoms with Crippen molar-refractivity contribution in [3.8, 4) is 0 Å². The number of hydroxylamine groups is 1. The van der Waals surface area contributed by atoms with E-state index in [9.17, 15) is 18.0 Å². The minimum atomic E-state index is -4.07. The van der Waals surface area contributed by atoms with Gasteiger partial charge in [0.1, 0.15) is 4.90 Å². The van der Waals surface area contributed by atoms with Crippen molar-refractivity contribution in [2.45, 2.75) is 24.8 Å². The minimum absolute atomic E-state index is 0.0762. The number of hydrogen-bond donors (Lipinski definition) is 1. The molecule has 0 saturated heterocycles. The van der Waals surface area contributed by atoms with Gasteiger partial charge < -0.3 is 10.1 Å². The number of benzene rings is 2. The van der Waals surface area contributed by atoms with Gasteiger partial charge in [-0.1, -0.05) is 28.2 Å². The van der Waals surface area contributed by atoms with Gasteiger partial charge in [-0.3, -0.25) is 9.63 Å². The van der Waals surface area contributed by atoms with Gasteiger partial charge in [0.15, 0.2) is 6.10 Å². The molecule has 29 heavy (non-hydrogen) atoms. The number of amides is 1. The van der Waals surface area contributed by atoms with Gasteiger partial charge in [-0.25, -0.2) is 13.2 Å². The number of nitrogens with one attached hydrogen (secondary N) is 1. The molecule has 0 aliphatic carbocycles. The quantitative estimate of drug-likeness (QED) is 0.524. The molecule has 1 atom stereocenters. The van der Waals surface area contributed by atoms with E-state index in [1.807, 2.05) is 13.0 Å². The summed E-state index contributed by atoms with van der Waals surface area (Å²) in [5.41, 5.74) is 1.46. The third-order valence-electron chi connectivity index (χ3n) is 3.98. The van der Waals surface area contributed by atoms with Crippen molar-refractivity contribution in [2.75, 3.05) is 19.5 Å². The highest BCUT2D eigenvalue weighted by atomic mass is 35.5. The van der Waals surface area contributed by atoms with E-state index in [1.54, 1.807) is 18.2 Å². The van der Waals surface area contributed by atoms with Gasteiger partial charge in [0.05, 0.1) is 17.7 Å². The van der Waals surface area contributed by atoms with E-state index >= 15 is 0 Å². The Balaban J connectivity index is 2.16. The first kappa shape index (κ1) is 22.8. The average Bonchev–Trinajstić information content (AvgIpc) is 2.67. The topological polar surface area (TPSA) is 102 Å². The number of esters is 1. The van der Waals surface area contributed by atoms with Crippen molar-refractivity contribution < 1.29 is 27.6 Å². The molecule has 0 fully saturated rings. The molecule has 1 amide bonds. The number of sulfonamides is 1. The van der Waals surface area contributed by atoms with Crippen LogP contribution >= 0.6 is 11.6 Å². The molecule has 0 aromatic heterocycles. The fraction of sp³-hybridized carbons (Fsp3) is 0.263. The van der Waals surface area contributed by atoms with Gasteiger partial charge in [0.2, 0.25) is 0 Å². The zero-order valence-electron chi connectivity index (χ0n) is 16.3. The minimum Gasteiger partial charge on any atom is -0.449 e. The lowest BCUT2D eigenvalue weighted by Gasteiger charge is -2.17. The van der Waals surface area contributed by atoms with Gasteiger partial charge in [-0.05, 0) is 49.7 Å². The molecule has 2 rings (SSSR count). The fourth-order valence-corrected chi connectivity index (χ4v) is 3.79. The Kier molecular flexibility index (Phi) is 7.37. The second-order valence-corrected chi connectivity index (χ2v) is 8.46. The molecule has 8 nitrogen and oxygen atoms in total. The summed E-state index contributed by atoms with van der Waals surface area (Å²) in [7, 11) is -1.71. The van der Waals surface area contributed by atoms with Gasteiger partial charge >= 0.3 is 5.97 Å². The zero-order valence-corrected chi connectivity index (χ0v) is 17.9. The maximum Gasteiger partial charge on any atom is 0.338 e. The largest absolute Gasteiger partial charge is 0.449 e. The Labute approximate surface area is 174 Å². The number of halogens is 1. The van der Waals surface area contributed by atoms with Crippen molar-refractivity contribution >= 4 is 39.2 Å². The molecule has 1 N–H and O–H groups in total. The van der Waals surface area contributed by atoms with E-state index in [0.29, 0.717) is 10.2 Å². The number of rotatable bonds is 7. The van der Waals surface area contributed by atoms with Crippen molar-refractivity contribution in [1.29, 1.82) is 0 Å². The van der Waals surface area contributed by atoms with Crippen LogP contribution in [0.4, 0.5) is 5.69 Å². The standard InChI is InChI=1S/C19H21ClN2O6S/c1-12-6-5-7-15(10-12)21-18(23)13(2)28-19(24)14-8-9-16(20)17(11-14)29(25,26)22(3)27-4/h5-11,13H,1-4H3,(H,21,23). The maximum absolute atomic E-state index is 12.4. The summed E-state index contributed by atoms with van der Waals surface area (Å²) >= 11 is 5.97. The molecular weight excluding hydrogens is 420 g/mol. The first-order valence-corrected chi connectivity index (χ1v) is 10.3. The lowest BCUT2D eigenvalue weighted by atomic mass is 10.2. The second-order valence-electron chi connectivity index (χ2n) is 6.15. The number of aryl methyl sites for hydroxylation is 1. The Hall–Kier alpha value is -2.46. The number of carbonyl (C=O) groups excluding carboxylic acids is 2. The van der Waals surface area contributed by atoms with Crippen LogP contribution in [0.5, 0.6) is 0 Å². The first-order valence-electron chi connectivity index (χ1n) is 8.47. The highest BCUT2D eigenvalue weighted by molar-refractivity contribution is 7.89. The SMILES string of the molecule is CON(C)S(=O)(=O)c1cc(C(=O)OC(C)C(=O)Nc2cccc(C)c2)ccc1Cl. The number of hydrogen-bond acceptors (Lipinski definition) is 6. The van der Waals surface area contributed by atoms with Crippen LogP contribution in [-0.4, -0.2) is 45.0 Å². The van der Waals surface area contributed by atoms with Gasteiger partial charge in [-0.15, -0.1) is 0 Å². The molecule has 0 aliphatic rings. The second kappa shape index (κ2) is 9.36. The van der Waals surface area contributed by atoms with Crippen LogP contribution in [0.15, 0.2) is 47.4 Å². The predicted octanol–water partition coefficient (Wildman–Crippen LogP) is 3.01. The summed E-state index contributed by atoms with van der Waals surface area (Å²) in [5.74, 6) is -1.39. The molecule has 0 bridgehead atoms. The number of carbonyl (C=O) groups is 2. The Morgan fingerprint density at radius 2 is 1.86 bits per heavy atom. The van der Waals surface area contributed by atoms with Crippen LogP contribution in [0, 0.1) is 6.92 Å². The summed E-state index contributed by atoms with van der Waals surface area (Å²) in [6, 6.07) is 10.8. The van der Waals surface area contributed by atoms with Crippen LogP contribution in [-0.2, 0) is 24.4 Å². The van der Waals surface area contributed by atoms with Crippen molar-refractivity contribution in [3.05, 3.63) is 58.6 Å². The Bertz CT molecular complexity index is 1030. The van der Waals surface area contributed by atoms with Gasteiger partial charge in [0, 0.05) is 12.7 Å². The predicted molar refractivity (Wildman–Crippen MR) is 108 cm³/mol. The Morgan fingerprint density at radius 3 is 2.48 bits per heavy atom. The monoisotopic (exact) mass is 440 g/mol. The first-order chi connectivity index (χ1) is 13.6. The van der Waals surface area contributed by atoms with Crippen molar-refractivity contribution in [1.82, 2.24) is 4.47 Å². The molecule has 0 heterocycles. The summed E-state index contributed by atoms with van der Waals surface area (Å²) in [4.78, 5) is 29.1. The zero-order chi connectivity index (χ0) is 21.8. The summed E-state index contributed by atoms with van der Waals surface area (Å²) in [5, 5.41) is 2.56. The van der Waals surface area contributed by atoms with E-state index in [4.69, 9.17) is 21.2 Å². The van der Waals surface area contributed by atoms with Crippen molar-refractivity contribution in [3.63, 3.8) is 0 Å². The van der Waals surface area contributed by atoms with Crippen LogP contribution in [0.3, 0.4) is 0 Å². The van der Waals surface area contributed by atoms with Crippen LogP contribution < -0.4 is 5.32 Å². The molecule has 2 aromatic carbocycles. The fourth-order valence-electron chi connectivity index (χ4n) is 2.31. The number of nitrogens with zero attached hydrogens (tertiary/aromatic N) is 1. The molecular formula is C19H21ClN2O6S. The van der Waals surface area contributed by atoms with Crippen LogP contribution in [0.25, 0.3) is 0 Å². The van der Waals surface area contributed by atoms with Crippen molar-refractivity contribution in [2.24, 2.45) is 0 Å². The molecule has 0 spiro atoms. The van der Waals surface area contributed by atoms with Gasteiger partial charge in [-0.2, -0.15) is 0 Å². The molecule has 0 saturated carbocycles. The molecule has 2 aromatic rings. The summed E-state index contributed by atoms with van der Waals surface area (Å²) in [6.07, 6.45) is -1.11. The molecule has 10 heteroatoms. The molecule has 1 unspecified atom stereocenters. The van der Waals surface area contributed by atoms with Gasteiger partial charge in [0.25, 0.3) is 15.9 Å². The molecule has 156 valence electrons. The summed E-state index contributed by atoms with van der Waals surface area (Å²) in [6.45, 7) is 3.29. The maximum atomic E-state index is 12.4. The smallest absolute Gasteiger partial charge is 0.338 e. The normalized spacial score (nSPS) is 12.5. The number of anilines is 1. The lowest BCUT2D eigenvalue weighted by molar-refractivity contribution is -0.123. The van der Waals surface area contributed by atoms with Crippen LogP contribution in [0.2, 0.25) is 5.02 Å².